The number of nitrogens with zero attached hydrogens (tertiary/aromatic N) is 1. The minimum Gasteiger partial charge on any atom is -0.508 e. The van der Waals surface area contributed by atoms with Crippen LogP contribution >= 0.6 is 0 Å². The SMILES string of the molecule is Cc1nc2ccccc2c2ccc(O)cc12. The normalized spacial score (nSPS) is 11.1. The van der Waals surface area contributed by atoms with E-state index in [9.17, 15) is 5.11 Å². The number of hydrogen-bond acceptors (Lipinski definition) is 2. The van der Waals surface area contributed by atoms with Gasteiger partial charge in [0.15, 0.2) is 0 Å². The predicted molar refractivity (Wildman–Crippen MR) is 65.7 cm³/mol. The molecular formula is C14H11NO. The van der Waals surface area contributed by atoms with Crippen LogP contribution in [0.3, 0.4) is 0 Å². The maximum atomic E-state index is 9.50. The van der Waals surface area contributed by atoms with Crippen LogP contribution in [-0.4, -0.2) is 10.1 Å². The molecule has 2 nitrogen and oxygen atoms in total. The number of fused-ring (bicyclic) bond motifs is 3. The number of benzene rings is 2. The average molecular weight is 209 g/mol. The lowest BCUT2D eigenvalue weighted by Crippen LogP contribution is -1.87. The Labute approximate surface area is 93.2 Å². The van der Waals surface area contributed by atoms with Crippen molar-refractivity contribution in [1.29, 1.82) is 0 Å². The fourth-order valence-corrected chi connectivity index (χ4v) is 2.11. The number of phenolic OH excluding ortho intramolecular Hbond substituents is 1. The molecule has 0 aliphatic rings. The van der Waals surface area contributed by atoms with Crippen LogP contribution in [-0.2, 0) is 0 Å². The minimum absolute atomic E-state index is 0.285. The van der Waals surface area contributed by atoms with Crippen LogP contribution in [0.25, 0.3) is 21.7 Å². The third-order valence-corrected chi connectivity index (χ3v) is 2.88. The maximum absolute atomic E-state index is 9.50. The van der Waals surface area contributed by atoms with Crippen LogP contribution in [0.4, 0.5) is 0 Å². The van der Waals surface area contributed by atoms with E-state index in [1.165, 1.54) is 0 Å². The van der Waals surface area contributed by atoms with Crippen LogP contribution in [0.5, 0.6) is 5.75 Å². The highest BCUT2D eigenvalue weighted by atomic mass is 16.3. The molecule has 0 radical (unpaired) electrons. The summed E-state index contributed by atoms with van der Waals surface area (Å²) < 4.78 is 0. The fourth-order valence-electron chi connectivity index (χ4n) is 2.11. The van der Waals surface area contributed by atoms with Gasteiger partial charge in [0.05, 0.1) is 5.52 Å². The van der Waals surface area contributed by atoms with Crippen molar-refractivity contribution in [3.8, 4) is 5.75 Å². The molecule has 2 aromatic carbocycles. The van der Waals surface area contributed by atoms with Gasteiger partial charge in [-0.3, -0.25) is 4.98 Å². The maximum Gasteiger partial charge on any atom is 0.116 e. The fraction of sp³-hybridized carbons (Fsp3) is 0.0714. The lowest BCUT2D eigenvalue weighted by Gasteiger charge is -2.06. The summed E-state index contributed by atoms with van der Waals surface area (Å²) in [5.74, 6) is 0.285. The molecule has 1 N–H and O–H groups in total. The highest BCUT2D eigenvalue weighted by Crippen LogP contribution is 2.28. The number of aromatic nitrogens is 1. The first-order valence-corrected chi connectivity index (χ1v) is 5.24. The first kappa shape index (κ1) is 9.16. The molecule has 16 heavy (non-hydrogen) atoms. The summed E-state index contributed by atoms with van der Waals surface area (Å²) >= 11 is 0. The lowest BCUT2D eigenvalue weighted by molar-refractivity contribution is 0.476. The van der Waals surface area contributed by atoms with E-state index in [1.807, 2.05) is 31.2 Å². The molecule has 0 amide bonds. The van der Waals surface area contributed by atoms with Crippen molar-refractivity contribution >= 4 is 21.7 Å². The molecule has 1 aromatic heterocycles. The van der Waals surface area contributed by atoms with E-state index in [0.29, 0.717) is 0 Å². The van der Waals surface area contributed by atoms with Gasteiger partial charge in [-0.2, -0.15) is 0 Å². The summed E-state index contributed by atoms with van der Waals surface area (Å²) in [5, 5.41) is 12.8. The average Bonchev–Trinajstić information content (AvgIpc) is 2.29. The molecule has 3 rings (SSSR count). The van der Waals surface area contributed by atoms with E-state index in [4.69, 9.17) is 0 Å². The van der Waals surface area contributed by atoms with Crippen molar-refractivity contribution < 1.29 is 5.11 Å². The second-order valence-corrected chi connectivity index (χ2v) is 3.94. The molecule has 0 saturated heterocycles. The third kappa shape index (κ3) is 1.23. The molecule has 1 heterocycles. The first-order chi connectivity index (χ1) is 7.75. The molecule has 0 spiro atoms. The smallest absolute Gasteiger partial charge is 0.116 e. The van der Waals surface area contributed by atoms with Gasteiger partial charge < -0.3 is 5.11 Å². The van der Waals surface area contributed by atoms with Gasteiger partial charge in [-0.05, 0) is 36.6 Å². The summed E-state index contributed by atoms with van der Waals surface area (Å²) in [6.07, 6.45) is 0. The molecule has 0 saturated carbocycles. The molecule has 2 heteroatoms. The van der Waals surface area contributed by atoms with Crippen molar-refractivity contribution in [3.63, 3.8) is 0 Å². The topological polar surface area (TPSA) is 33.1 Å². The molecule has 0 atom stereocenters. The lowest BCUT2D eigenvalue weighted by atomic mass is 10.0. The number of rotatable bonds is 0. The number of hydrogen-bond donors (Lipinski definition) is 1. The van der Waals surface area contributed by atoms with Gasteiger partial charge in [0.1, 0.15) is 5.75 Å². The van der Waals surface area contributed by atoms with Crippen molar-refractivity contribution in [1.82, 2.24) is 4.98 Å². The monoisotopic (exact) mass is 209 g/mol. The Balaban J connectivity index is 2.59. The predicted octanol–water partition coefficient (Wildman–Crippen LogP) is 3.40. The van der Waals surface area contributed by atoms with Crippen molar-refractivity contribution in [2.24, 2.45) is 0 Å². The van der Waals surface area contributed by atoms with Crippen LogP contribution in [0, 0.1) is 6.92 Å². The number of aryl methyl sites for hydroxylation is 1. The molecule has 0 fully saturated rings. The largest absolute Gasteiger partial charge is 0.508 e. The zero-order chi connectivity index (χ0) is 11.1. The van der Waals surface area contributed by atoms with E-state index in [-0.39, 0.29) is 5.75 Å². The Hall–Kier alpha value is -2.09. The number of phenols is 1. The van der Waals surface area contributed by atoms with Gasteiger partial charge >= 0.3 is 0 Å². The molecule has 0 unspecified atom stereocenters. The summed E-state index contributed by atoms with van der Waals surface area (Å²) in [4.78, 5) is 4.53. The Morgan fingerprint density at radius 2 is 1.75 bits per heavy atom. The van der Waals surface area contributed by atoms with Crippen LogP contribution in [0.1, 0.15) is 5.69 Å². The van der Waals surface area contributed by atoms with Crippen LogP contribution in [0.15, 0.2) is 42.5 Å². The summed E-state index contributed by atoms with van der Waals surface area (Å²) in [5.41, 5.74) is 1.95. The van der Waals surface area contributed by atoms with Crippen LogP contribution in [0.2, 0.25) is 0 Å². The van der Waals surface area contributed by atoms with Gasteiger partial charge in [0, 0.05) is 16.5 Å². The molecular weight excluding hydrogens is 198 g/mol. The molecule has 0 bridgehead atoms. The van der Waals surface area contributed by atoms with E-state index < -0.39 is 0 Å². The van der Waals surface area contributed by atoms with Crippen LogP contribution < -0.4 is 0 Å². The number of para-hydroxylation sites is 1. The van der Waals surface area contributed by atoms with Crippen molar-refractivity contribution in [2.75, 3.05) is 0 Å². The highest BCUT2D eigenvalue weighted by molar-refractivity contribution is 6.06. The van der Waals surface area contributed by atoms with E-state index in [2.05, 4.69) is 11.1 Å². The zero-order valence-electron chi connectivity index (χ0n) is 8.94. The van der Waals surface area contributed by atoms with E-state index in [0.717, 1.165) is 27.4 Å². The highest BCUT2D eigenvalue weighted by Gasteiger charge is 2.05. The van der Waals surface area contributed by atoms with Crippen molar-refractivity contribution in [3.05, 3.63) is 48.2 Å². The zero-order valence-corrected chi connectivity index (χ0v) is 8.94. The van der Waals surface area contributed by atoms with Gasteiger partial charge in [0.2, 0.25) is 0 Å². The Bertz CT molecular complexity index is 689. The standard InChI is InChI=1S/C14H11NO/c1-9-13-8-10(16)6-7-11(13)12-4-2-3-5-14(12)15-9/h2-8,16H,1H3. The summed E-state index contributed by atoms with van der Waals surface area (Å²) in [7, 11) is 0. The van der Waals surface area contributed by atoms with E-state index in [1.54, 1.807) is 12.1 Å². The second-order valence-electron chi connectivity index (χ2n) is 3.94. The number of aromatic hydroxyl groups is 1. The summed E-state index contributed by atoms with van der Waals surface area (Å²) in [6.45, 7) is 1.97. The quantitative estimate of drug-likeness (QED) is 0.575. The van der Waals surface area contributed by atoms with Gasteiger partial charge in [-0.1, -0.05) is 18.2 Å². The second kappa shape index (κ2) is 3.20. The molecule has 3 aromatic rings. The van der Waals surface area contributed by atoms with Gasteiger partial charge in [-0.15, -0.1) is 0 Å². The minimum atomic E-state index is 0.285. The Kier molecular flexibility index (Phi) is 1.83. The third-order valence-electron chi connectivity index (χ3n) is 2.88. The van der Waals surface area contributed by atoms with E-state index >= 15 is 0 Å². The first-order valence-electron chi connectivity index (χ1n) is 5.24. The molecule has 78 valence electrons. The molecule has 0 aliphatic heterocycles. The summed E-state index contributed by atoms with van der Waals surface area (Å²) in [6, 6.07) is 13.5. The Morgan fingerprint density at radius 3 is 2.62 bits per heavy atom. The number of pyridine rings is 1. The van der Waals surface area contributed by atoms with Crippen molar-refractivity contribution in [2.45, 2.75) is 6.92 Å². The molecule has 0 aliphatic carbocycles. The van der Waals surface area contributed by atoms with Gasteiger partial charge in [-0.25, -0.2) is 0 Å². The Morgan fingerprint density at radius 1 is 0.938 bits per heavy atom. The van der Waals surface area contributed by atoms with Gasteiger partial charge in [0.25, 0.3) is 0 Å².